The molecule has 0 atom stereocenters. The van der Waals surface area contributed by atoms with Crippen molar-refractivity contribution < 1.29 is 19.0 Å². The Morgan fingerprint density at radius 2 is 1.92 bits per heavy atom. The van der Waals surface area contributed by atoms with E-state index in [1.165, 1.54) is 6.21 Å². The van der Waals surface area contributed by atoms with Gasteiger partial charge in [0.2, 0.25) is 0 Å². The Kier molecular flexibility index (Phi) is 7.02. The van der Waals surface area contributed by atoms with Gasteiger partial charge in [0.05, 0.1) is 19.9 Å². The Morgan fingerprint density at radius 1 is 1.12 bits per heavy atom. The summed E-state index contributed by atoms with van der Waals surface area (Å²) in [4.78, 5) is 11.9. The van der Waals surface area contributed by atoms with Gasteiger partial charge in [0.25, 0.3) is 5.91 Å². The van der Waals surface area contributed by atoms with Crippen LogP contribution in [0.5, 0.6) is 17.2 Å². The van der Waals surface area contributed by atoms with Crippen LogP contribution in [0.15, 0.2) is 41.5 Å². The number of aryl methyl sites for hydroxylation is 1. The Bertz CT molecular complexity index is 787. The molecule has 6 heteroatoms. The number of methoxy groups -OCH3 is 1. The van der Waals surface area contributed by atoms with E-state index < -0.39 is 0 Å². The second-order valence-corrected chi connectivity index (χ2v) is 5.62. The minimum Gasteiger partial charge on any atom is -0.493 e. The number of ether oxygens (including phenoxy) is 3. The molecule has 0 heterocycles. The van der Waals surface area contributed by atoms with Crippen molar-refractivity contribution in [3.8, 4) is 17.2 Å². The number of nitrogens with zero attached hydrogens (tertiary/aromatic N) is 1. The lowest BCUT2D eigenvalue weighted by Crippen LogP contribution is -2.24. The third-order valence-corrected chi connectivity index (χ3v) is 3.80. The van der Waals surface area contributed by atoms with Gasteiger partial charge in [0, 0.05) is 0 Å². The molecule has 26 heavy (non-hydrogen) atoms. The number of amides is 1. The lowest BCUT2D eigenvalue weighted by molar-refractivity contribution is -0.123. The van der Waals surface area contributed by atoms with Crippen LogP contribution in [0.2, 0.25) is 0 Å². The zero-order valence-electron chi connectivity index (χ0n) is 15.5. The van der Waals surface area contributed by atoms with Crippen molar-refractivity contribution in [1.82, 2.24) is 5.43 Å². The summed E-state index contributed by atoms with van der Waals surface area (Å²) in [5, 5.41) is 3.94. The Labute approximate surface area is 153 Å². The van der Waals surface area contributed by atoms with E-state index in [9.17, 15) is 4.79 Å². The van der Waals surface area contributed by atoms with Gasteiger partial charge in [-0.3, -0.25) is 4.79 Å². The molecule has 0 fully saturated rings. The molecule has 0 saturated carbocycles. The molecule has 0 radical (unpaired) electrons. The molecule has 0 aliphatic rings. The third-order valence-electron chi connectivity index (χ3n) is 3.80. The van der Waals surface area contributed by atoms with Crippen LogP contribution in [0.25, 0.3) is 0 Å². The van der Waals surface area contributed by atoms with E-state index in [1.54, 1.807) is 19.2 Å². The summed E-state index contributed by atoms with van der Waals surface area (Å²) in [7, 11) is 1.57. The first-order chi connectivity index (χ1) is 12.5. The number of hydrogen-bond acceptors (Lipinski definition) is 5. The number of carbonyl (C=O) groups is 1. The quantitative estimate of drug-likeness (QED) is 0.582. The minimum absolute atomic E-state index is 0.103. The summed E-state index contributed by atoms with van der Waals surface area (Å²) >= 11 is 0. The van der Waals surface area contributed by atoms with E-state index in [-0.39, 0.29) is 12.5 Å². The van der Waals surface area contributed by atoms with Crippen LogP contribution in [0.3, 0.4) is 0 Å². The number of carbonyl (C=O) groups excluding carboxylic acids is 1. The highest BCUT2D eigenvalue weighted by Crippen LogP contribution is 2.27. The van der Waals surface area contributed by atoms with Crippen LogP contribution in [0, 0.1) is 13.8 Å². The highest BCUT2D eigenvalue weighted by molar-refractivity contribution is 5.83. The van der Waals surface area contributed by atoms with Crippen molar-refractivity contribution in [2.45, 2.75) is 20.8 Å². The van der Waals surface area contributed by atoms with Crippen molar-refractivity contribution in [2.24, 2.45) is 5.10 Å². The second-order valence-electron chi connectivity index (χ2n) is 5.62. The van der Waals surface area contributed by atoms with Crippen LogP contribution >= 0.6 is 0 Å². The average molecular weight is 356 g/mol. The van der Waals surface area contributed by atoms with Crippen LogP contribution < -0.4 is 19.6 Å². The maximum atomic E-state index is 11.9. The monoisotopic (exact) mass is 356 g/mol. The highest BCUT2D eigenvalue weighted by Gasteiger charge is 2.06. The molecule has 138 valence electrons. The van der Waals surface area contributed by atoms with E-state index in [0.717, 1.165) is 16.7 Å². The van der Waals surface area contributed by atoms with Gasteiger partial charge in [-0.05, 0) is 61.7 Å². The molecule has 1 N–H and O–H groups in total. The van der Waals surface area contributed by atoms with E-state index in [4.69, 9.17) is 14.2 Å². The molecule has 6 nitrogen and oxygen atoms in total. The van der Waals surface area contributed by atoms with E-state index in [2.05, 4.69) is 10.5 Å². The zero-order chi connectivity index (χ0) is 18.9. The molecule has 2 rings (SSSR count). The maximum Gasteiger partial charge on any atom is 0.277 e. The van der Waals surface area contributed by atoms with Crippen molar-refractivity contribution in [1.29, 1.82) is 0 Å². The van der Waals surface area contributed by atoms with Gasteiger partial charge in [-0.15, -0.1) is 0 Å². The molecule has 0 unspecified atom stereocenters. The van der Waals surface area contributed by atoms with Crippen molar-refractivity contribution in [3.63, 3.8) is 0 Å². The topological polar surface area (TPSA) is 69.2 Å². The van der Waals surface area contributed by atoms with Crippen LogP contribution in [0.1, 0.15) is 23.6 Å². The van der Waals surface area contributed by atoms with Gasteiger partial charge in [-0.2, -0.15) is 5.10 Å². The molecule has 0 aliphatic carbocycles. The molecule has 0 spiro atoms. The summed E-state index contributed by atoms with van der Waals surface area (Å²) in [5.41, 5.74) is 5.36. The summed E-state index contributed by atoms with van der Waals surface area (Å²) in [5.74, 6) is 1.64. The number of nitrogens with one attached hydrogen (secondary N) is 1. The van der Waals surface area contributed by atoms with Crippen molar-refractivity contribution in [2.75, 3.05) is 20.3 Å². The molecule has 2 aromatic rings. The lowest BCUT2D eigenvalue weighted by atomic mass is 10.1. The van der Waals surface area contributed by atoms with E-state index in [1.807, 2.05) is 45.0 Å². The number of hydrogen-bond donors (Lipinski definition) is 1. The van der Waals surface area contributed by atoms with Crippen molar-refractivity contribution >= 4 is 12.1 Å². The number of hydrazone groups is 1. The highest BCUT2D eigenvalue weighted by atomic mass is 16.5. The summed E-state index contributed by atoms with van der Waals surface area (Å²) < 4.78 is 16.3. The normalized spacial score (nSPS) is 10.6. The summed E-state index contributed by atoms with van der Waals surface area (Å²) in [6, 6.07) is 11.1. The summed E-state index contributed by atoms with van der Waals surface area (Å²) in [6.45, 7) is 6.32. The van der Waals surface area contributed by atoms with E-state index >= 15 is 0 Å². The molecular weight excluding hydrogens is 332 g/mol. The van der Waals surface area contributed by atoms with Gasteiger partial charge in [0.1, 0.15) is 5.75 Å². The van der Waals surface area contributed by atoms with Gasteiger partial charge in [-0.25, -0.2) is 5.43 Å². The standard InChI is InChI=1S/C20H24N2O4/c1-5-25-18-10-9-16(11-19(18)24-4)12-21-22-20(23)13-26-17-8-6-7-14(2)15(17)3/h6-12H,5,13H2,1-4H3,(H,22,23)/b21-12-. The Hall–Kier alpha value is -3.02. The minimum atomic E-state index is -0.333. The van der Waals surface area contributed by atoms with Crippen LogP contribution in [-0.2, 0) is 4.79 Å². The first-order valence-electron chi connectivity index (χ1n) is 8.37. The Morgan fingerprint density at radius 3 is 2.65 bits per heavy atom. The summed E-state index contributed by atoms with van der Waals surface area (Å²) in [6.07, 6.45) is 1.54. The fraction of sp³-hybridized carbons (Fsp3) is 0.300. The molecular formula is C20H24N2O4. The number of rotatable bonds is 8. The van der Waals surface area contributed by atoms with Gasteiger partial charge < -0.3 is 14.2 Å². The largest absolute Gasteiger partial charge is 0.493 e. The first kappa shape index (κ1) is 19.3. The second kappa shape index (κ2) is 9.46. The Balaban J connectivity index is 1.89. The van der Waals surface area contributed by atoms with Crippen LogP contribution in [0.4, 0.5) is 0 Å². The third kappa shape index (κ3) is 5.24. The zero-order valence-corrected chi connectivity index (χ0v) is 15.5. The first-order valence-corrected chi connectivity index (χ1v) is 8.37. The average Bonchev–Trinajstić information content (AvgIpc) is 2.64. The molecule has 0 saturated heterocycles. The van der Waals surface area contributed by atoms with Gasteiger partial charge >= 0.3 is 0 Å². The SMILES string of the molecule is CCOc1ccc(/C=N\NC(=O)COc2cccc(C)c2C)cc1OC. The molecule has 0 bridgehead atoms. The fourth-order valence-electron chi connectivity index (χ4n) is 2.27. The molecule has 0 aliphatic heterocycles. The number of benzene rings is 2. The van der Waals surface area contributed by atoms with E-state index in [0.29, 0.717) is 23.9 Å². The van der Waals surface area contributed by atoms with Crippen molar-refractivity contribution in [3.05, 3.63) is 53.1 Å². The molecule has 0 aromatic heterocycles. The fourth-order valence-corrected chi connectivity index (χ4v) is 2.27. The molecule has 2 aromatic carbocycles. The smallest absolute Gasteiger partial charge is 0.277 e. The van der Waals surface area contributed by atoms with Gasteiger partial charge in [0.15, 0.2) is 18.1 Å². The molecule has 1 amide bonds. The lowest BCUT2D eigenvalue weighted by Gasteiger charge is -2.10. The van der Waals surface area contributed by atoms with Gasteiger partial charge in [-0.1, -0.05) is 12.1 Å². The maximum absolute atomic E-state index is 11.9. The van der Waals surface area contributed by atoms with Crippen LogP contribution in [-0.4, -0.2) is 32.4 Å². The predicted octanol–water partition coefficient (Wildman–Crippen LogP) is 3.24. The predicted molar refractivity (Wildman–Crippen MR) is 101 cm³/mol.